The summed E-state index contributed by atoms with van der Waals surface area (Å²) >= 11 is 0. The smallest absolute Gasteiger partial charge is 0.299 e. The molecule has 0 aromatic heterocycles. The fraction of sp³-hybridized carbons (Fsp3) is 0.538. The number of hydrogen-bond donors (Lipinski definition) is 0. The summed E-state index contributed by atoms with van der Waals surface area (Å²) in [4.78, 5) is 1.74. The van der Waals surface area contributed by atoms with Crippen LogP contribution in [0.25, 0.3) is 0 Å². The van der Waals surface area contributed by atoms with Crippen LogP contribution in [0.2, 0.25) is 0 Å². The number of alkyl halides is 6. The van der Waals surface area contributed by atoms with Gasteiger partial charge in [-0.3, -0.25) is 4.90 Å². The highest BCUT2D eigenvalue weighted by Crippen LogP contribution is 2.37. The molecule has 0 bridgehead atoms. The molecule has 0 saturated carbocycles. The highest BCUT2D eigenvalue weighted by molar-refractivity contribution is 5.35. The van der Waals surface area contributed by atoms with Gasteiger partial charge in [0.25, 0.3) is 0 Å². The molecule has 0 unspecified atom stereocenters. The summed E-state index contributed by atoms with van der Waals surface area (Å²) in [6, 6.07) is 1.62. The maximum Gasteiger partial charge on any atom is 0.416 e. The van der Waals surface area contributed by atoms with E-state index in [1.54, 1.807) is 4.90 Å². The van der Waals surface area contributed by atoms with Crippen LogP contribution in [0.4, 0.5) is 26.3 Å². The van der Waals surface area contributed by atoms with Gasteiger partial charge in [-0.1, -0.05) is 0 Å². The molecule has 0 spiro atoms. The van der Waals surface area contributed by atoms with Crippen LogP contribution in [0.3, 0.4) is 0 Å². The molecule has 1 aromatic rings. The lowest BCUT2D eigenvalue weighted by molar-refractivity contribution is -0.142. The Morgan fingerprint density at radius 2 is 1.50 bits per heavy atom. The normalized spacial score (nSPS) is 17.7. The van der Waals surface area contributed by atoms with Crippen molar-refractivity contribution in [1.29, 1.82) is 0 Å². The molecule has 2 rings (SSSR count). The van der Waals surface area contributed by atoms with Gasteiger partial charge in [-0.15, -0.1) is 0 Å². The predicted molar refractivity (Wildman–Crippen MR) is 61.0 cm³/mol. The highest BCUT2D eigenvalue weighted by atomic mass is 19.4. The summed E-state index contributed by atoms with van der Waals surface area (Å²) in [5.74, 6) is 0. The molecule has 112 valence electrons. The molecule has 20 heavy (non-hydrogen) atoms. The van der Waals surface area contributed by atoms with Crippen molar-refractivity contribution in [2.24, 2.45) is 0 Å². The minimum atomic E-state index is -4.64. The maximum absolute atomic E-state index is 12.9. The van der Waals surface area contributed by atoms with Crippen LogP contribution in [-0.2, 0) is 18.9 Å². The van der Waals surface area contributed by atoms with E-state index in [1.807, 2.05) is 0 Å². The van der Waals surface area contributed by atoms with Gasteiger partial charge < -0.3 is 0 Å². The summed E-state index contributed by atoms with van der Waals surface area (Å²) in [5, 5.41) is 0. The second-order valence-corrected chi connectivity index (χ2v) is 4.85. The molecule has 0 atom stereocenters. The van der Waals surface area contributed by atoms with Crippen LogP contribution in [0.1, 0.15) is 29.5 Å². The topological polar surface area (TPSA) is 3.24 Å². The number of nitrogens with zero attached hydrogens (tertiary/aromatic N) is 1. The summed E-state index contributed by atoms with van der Waals surface area (Å²) in [7, 11) is 0. The Balaban J connectivity index is 2.37. The number of rotatable bonds is 2. The van der Waals surface area contributed by atoms with Gasteiger partial charge in [0.2, 0.25) is 0 Å². The molecule has 0 N–H and O–H groups in total. The molecule has 0 amide bonds. The van der Waals surface area contributed by atoms with Crippen molar-refractivity contribution in [3.63, 3.8) is 0 Å². The fourth-order valence-electron chi connectivity index (χ4n) is 2.36. The first kappa shape index (κ1) is 15.2. The summed E-state index contributed by atoms with van der Waals surface area (Å²) < 4.78 is 76.4. The van der Waals surface area contributed by atoms with Gasteiger partial charge in [0.05, 0.1) is 11.1 Å². The third kappa shape index (κ3) is 3.45. The van der Waals surface area contributed by atoms with Crippen molar-refractivity contribution in [3.05, 3.63) is 34.9 Å². The molecule has 1 fully saturated rings. The minimum Gasteiger partial charge on any atom is -0.299 e. The summed E-state index contributed by atoms with van der Waals surface area (Å²) in [5.41, 5.74) is -2.34. The Hall–Kier alpha value is -1.24. The molecule has 1 aromatic carbocycles. The van der Waals surface area contributed by atoms with E-state index in [0.29, 0.717) is 31.3 Å². The largest absolute Gasteiger partial charge is 0.416 e. The Kier molecular flexibility index (Phi) is 4.00. The van der Waals surface area contributed by atoms with Gasteiger partial charge in [0, 0.05) is 6.54 Å². The predicted octanol–water partition coefficient (Wildman–Crippen LogP) is 4.32. The van der Waals surface area contributed by atoms with Crippen molar-refractivity contribution in [2.75, 3.05) is 13.1 Å². The Morgan fingerprint density at radius 1 is 0.900 bits per heavy atom. The third-order valence-corrected chi connectivity index (χ3v) is 3.33. The van der Waals surface area contributed by atoms with Crippen molar-refractivity contribution >= 4 is 0 Å². The number of halogens is 6. The first-order chi connectivity index (χ1) is 9.18. The molecule has 1 nitrogen and oxygen atoms in total. The number of hydrogen-bond acceptors (Lipinski definition) is 1. The maximum atomic E-state index is 12.9. The van der Waals surface area contributed by atoms with Gasteiger partial charge in [0.1, 0.15) is 0 Å². The van der Waals surface area contributed by atoms with Gasteiger partial charge >= 0.3 is 12.4 Å². The summed E-state index contributed by atoms with van der Waals surface area (Å²) in [6.07, 6.45) is -7.55. The van der Waals surface area contributed by atoms with E-state index >= 15 is 0 Å². The van der Waals surface area contributed by atoms with Crippen LogP contribution in [-0.4, -0.2) is 18.0 Å². The Labute approximate surface area is 112 Å². The van der Waals surface area contributed by atoms with Gasteiger partial charge in [0.15, 0.2) is 0 Å². The van der Waals surface area contributed by atoms with E-state index in [2.05, 4.69) is 0 Å². The summed E-state index contributed by atoms with van der Waals surface area (Å²) in [6.45, 7) is 1.14. The Bertz CT molecular complexity index is 471. The van der Waals surface area contributed by atoms with Crippen LogP contribution in [0, 0.1) is 0 Å². The van der Waals surface area contributed by atoms with Crippen LogP contribution in [0.15, 0.2) is 18.2 Å². The van der Waals surface area contributed by atoms with Crippen molar-refractivity contribution in [3.8, 4) is 0 Å². The Morgan fingerprint density at radius 3 is 2.00 bits per heavy atom. The molecule has 7 heteroatoms. The van der Waals surface area contributed by atoms with E-state index in [0.717, 1.165) is 12.8 Å². The zero-order valence-electron chi connectivity index (χ0n) is 10.5. The zero-order valence-corrected chi connectivity index (χ0v) is 10.5. The van der Waals surface area contributed by atoms with E-state index in [1.165, 1.54) is 0 Å². The van der Waals surface area contributed by atoms with Gasteiger partial charge in [-0.25, -0.2) is 0 Å². The van der Waals surface area contributed by atoms with E-state index in [-0.39, 0.29) is 12.1 Å². The quantitative estimate of drug-likeness (QED) is 0.735. The fourth-order valence-corrected chi connectivity index (χ4v) is 2.36. The second-order valence-electron chi connectivity index (χ2n) is 4.85. The van der Waals surface area contributed by atoms with Gasteiger partial charge in [-0.05, 0) is 49.7 Å². The zero-order chi connectivity index (χ0) is 15.0. The van der Waals surface area contributed by atoms with E-state index in [4.69, 9.17) is 0 Å². The lowest BCUT2D eigenvalue weighted by atomic mass is 10.0. The standard InChI is InChI=1S/C13H13F6N/c14-12(15,16)10-3-4-11(13(17,18)19)9(7-10)8-20-5-1-2-6-20/h3-4,7H,1-2,5-6,8H2. The molecule has 1 heterocycles. The first-order valence-electron chi connectivity index (χ1n) is 6.17. The minimum absolute atomic E-state index is 0.0984. The lowest BCUT2D eigenvalue weighted by Crippen LogP contribution is -2.22. The van der Waals surface area contributed by atoms with Crippen molar-refractivity contribution in [1.82, 2.24) is 4.90 Å². The second kappa shape index (κ2) is 5.27. The monoisotopic (exact) mass is 297 g/mol. The van der Waals surface area contributed by atoms with Gasteiger partial charge in [-0.2, -0.15) is 26.3 Å². The van der Waals surface area contributed by atoms with Crippen LogP contribution < -0.4 is 0 Å². The SMILES string of the molecule is FC(F)(F)c1ccc(C(F)(F)F)c(CN2CCCC2)c1. The van der Waals surface area contributed by atoms with E-state index in [9.17, 15) is 26.3 Å². The lowest BCUT2D eigenvalue weighted by Gasteiger charge is -2.20. The third-order valence-electron chi connectivity index (χ3n) is 3.33. The molecular weight excluding hydrogens is 284 g/mol. The average molecular weight is 297 g/mol. The number of benzene rings is 1. The molecule has 0 aliphatic carbocycles. The number of likely N-dealkylation sites (tertiary alicyclic amines) is 1. The molecule has 1 aliphatic heterocycles. The molecule has 0 radical (unpaired) electrons. The van der Waals surface area contributed by atoms with Crippen LogP contribution in [0.5, 0.6) is 0 Å². The molecular formula is C13H13F6N. The van der Waals surface area contributed by atoms with Crippen LogP contribution >= 0.6 is 0 Å². The molecule has 1 aliphatic rings. The highest BCUT2D eigenvalue weighted by Gasteiger charge is 2.37. The van der Waals surface area contributed by atoms with E-state index < -0.39 is 23.5 Å². The van der Waals surface area contributed by atoms with Crippen molar-refractivity contribution in [2.45, 2.75) is 31.7 Å². The van der Waals surface area contributed by atoms with Crippen molar-refractivity contribution < 1.29 is 26.3 Å². The molecule has 1 saturated heterocycles. The average Bonchev–Trinajstić information content (AvgIpc) is 2.79. The first-order valence-corrected chi connectivity index (χ1v) is 6.17.